The summed E-state index contributed by atoms with van der Waals surface area (Å²) < 4.78 is 0. The van der Waals surface area contributed by atoms with Gasteiger partial charge in [0.2, 0.25) is 0 Å². The summed E-state index contributed by atoms with van der Waals surface area (Å²) in [4.78, 5) is 0. The lowest BCUT2D eigenvalue weighted by molar-refractivity contribution is 1.40. The zero-order valence-corrected chi connectivity index (χ0v) is 8.49. The molecule has 1 aromatic carbocycles. The van der Waals surface area contributed by atoms with Crippen LogP contribution in [0.25, 0.3) is 6.08 Å². The maximum atomic E-state index is 8.60. The molecule has 0 aromatic heterocycles. The van der Waals surface area contributed by atoms with Crippen molar-refractivity contribution >= 4 is 6.08 Å². The first-order chi connectivity index (χ1) is 6.72. The minimum absolute atomic E-state index is 0.698. The number of benzene rings is 1. The molecular weight excluding hydrogens is 170 g/mol. The van der Waals surface area contributed by atoms with Crippen molar-refractivity contribution in [2.24, 2.45) is 0 Å². The third-order valence-corrected chi connectivity index (χ3v) is 1.76. The fraction of sp³-hybridized carbons (Fsp3) is 0.154. The average Bonchev–Trinajstić information content (AvgIpc) is 2.18. The molecule has 1 heteroatoms. The molecule has 1 aromatic rings. The third kappa shape index (κ3) is 3.28. The summed E-state index contributed by atoms with van der Waals surface area (Å²) in [6.07, 6.45) is 6.09. The molecule has 0 unspecified atom stereocenters. The van der Waals surface area contributed by atoms with Crippen LogP contribution in [0.15, 0.2) is 42.0 Å². The van der Waals surface area contributed by atoms with Gasteiger partial charge in [0, 0.05) is 0 Å². The Morgan fingerprint density at radius 1 is 1.21 bits per heavy atom. The fourth-order valence-corrected chi connectivity index (χ4v) is 1.02. The Morgan fingerprint density at radius 3 is 2.36 bits per heavy atom. The van der Waals surface area contributed by atoms with Gasteiger partial charge in [-0.15, -0.1) is 0 Å². The van der Waals surface area contributed by atoms with Crippen LogP contribution in [-0.4, -0.2) is 0 Å². The zero-order valence-electron chi connectivity index (χ0n) is 8.49. The molecule has 0 saturated carbocycles. The second-order valence-corrected chi connectivity index (χ2v) is 3.34. The Hall–Kier alpha value is -1.81. The van der Waals surface area contributed by atoms with Crippen molar-refractivity contribution in [3.63, 3.8) is 0 Å². The second kappa shape index (κ2) is 5.04. The first-order valence-corrected chi connectivity index (χ1v) is 4.54. The van der Waals surface area contributed by atoms with E-state index < -0.39 is 0 Å². The molecule has 0 fully saturated rings. The van der Waals surface area contributed by atoms with E-state index in [0.29, 0.717) is 5.56 Å². The molecule has 0 bridgehead atoms. The van der Waals surface area contributed by atoms with E-state index in [1.54, 1.807) is 0 Å². The van der Waals surface area contributed by atoms with Gasteiger partial charge in [-0.25, -0.2) is 0 Å². The Morgan fingerprint density at radius 2 is 1.86 bits per heavy atom. The van der Waals surface area contributed by atoms with Gasteiger partial charge >= 0.3 is 0 Å². The summed E-state index contributed by atoms with van der Waals surface area (Å²) in [7, 11) is 0. The monoisotopic (exact) mass is 183 g/mol. The molecule has 0 aliphatic carbocycles. The summed E-state index contributed by atoms with van der Waals surface area (Å²) in [6, 6.07) is 9.61. The largest absolute Gasteiger partial charge is 0.192 e. The molecule has 70 valence electrons. The van der Waals surface area contributed by atoms with E-state index in [1.165, 1.54) is 5.57 Å². The van der Waals surface area contributed by atoms with Crippen molar-refractivity contribution in [2.75, 3.05) is 0 Å². The van der Waals surface area contributed by atoms with E-state index in [1.807, 2.05) is 36.4 Å². The zero-order chi connectivity index (χ0) is 10.4. The SMILES string of the molecule is CC(C)=C/C=C\c1ccc(C#N)cc1. The highest BCUT2D eigenvalue weighted by Crippen LogP contribution is 2.05. The molecule has 0 N–H and O–H groups in total. The molecule has 0 spiro atoms. The van der Waals surface area contributed by atoms with Crippen molar-refractivity contribution in [1.29, 1.82) is 5.26 Å². The summed E-state index contributed by atoms with van der Waals surface area (Å²) in [6.45, 7) is 4.12. The van der Waals surface area contributed by atoms with Crippen LogP contribution in [0, 0.1) is 11.3 Å². The Balaban J connectivity index is 2.75. The van der Waals surface area contributed by atoms with Crippen LogP contribution < -0.4 is 0 Å². The molecule has 0 radical (unpaired) electrons. The number of hydrogen-bond donors (Lipinski definition) is 0. The van der Waals surface area contributed by atoms with Crippen LogP contribution >= 0.6 is 0 Å². The molecule has 1 nitrogen and oxygen atoms in total. The molecule has 0 heterocycles. The molecular formula is C13H13N. The summed E-state index contributed by atoms with van der Waals surface area (Å²) in [5.41, 5.74) is 3.08. The van der Waals surface area contributed by atoms with Gasteiger partial charge in [-0.05, 0) is 31.5 Å². The van der Waals surface area contributed by atoms with Gasteiger partial charge < -0.3 is 0 Å². The van der Waals surface area contributed by atoms with Crippen molar-refractivity contribution in [1.82, 2.24) is 0 Å². The number of nitrogens with zero attached hydrogens (tertiary/aromatic N) is 1. The minimum atomic E-state index is 0.698. The quantitative estimate of drug-likeness (QED) is 0.643. The Labute approximate surface area is 85.0 Å². The van der Waals surface area contributed by atoms with Crippen molar-refractivity contribution in [3.8, 4) is 6.07 Å². The van der Waals surface area contributed by atoms with E-state index in [-0.39, 0.29) is 0 Å². The molecule has 0 aliphatic rings. The van der Waals surface area contributed by atoms with Gasteiger partial charge in [0.1, 0.15) is 0 Å². The number of rotatable bonds is 2. The predicted octanol–water partition coefficient (Wildman–Crippen LogP) is 3.54. The van der Waals surface area contributed by atoms with E-state index in [2.05, 4.69) is 26.0 Å². The van der Waals surface area contributed by atoms with Gasteiger partial charge in [0.05, 0.1) is 11.6 Å². The standard InChI is InChI=1S/C13H13N/c1-11(2)4-3-5-12-6-8-13(10-14)9-7-12/h3-9H,1-2H3/b5-3-. The normalized spacial score (nSPS) is 9.79. The highest BCUT2D eigenvalue weighted by Gasteiger charge is 1.88. The number of hydrogen-bond acceptors (Lipinski definition) is 1. The highest BCUT2D eigenvalue weighted by molar-refractivity contribution is 5.52. The molecule has 0 aliphatic heterocycles. The first-order valence-electron chi connectivity index (χ1n) is 4.54. The maximum absolute atomic E-state index is 8.60. The Bertz CT molecular complexity index is 384. The van der Waals surface area contributed by atoms with Gasteiger partial charge in [0.15, 0.2) is 0 Å². The smallest absolute Gasteiger partial charge is 0.0991 e. The Kier molecular flexibility index (Phi) is 3.69. The second-order valence-electron chi connectivity index (χ2n) is 3.34. The number of allylic oxidation sites excluding steroid dienone is 3. The van der Waals surface area contributed by atoms with E-state index in [0.717, 1.165) is 5.56 Å². The lowest BCUT2D eigenvalue weighted by Crippen LogP contribution is -1.74. The van der Waals surface area contributed by atoms with Crippen molar-refractivity contribution in [2.45, 2.75) is 13.8 Å². The fourth-order valence-electron chi connectivity index (χ4n) is 1.02. The van der Waals surface area contributed by atoms with Gasteiger partial charge in [-0.1, -0.05) is 35.9 Å². The topological polar surface area (TPSA) is 23.8 Å². The summed E-state index contributed by atoms with van der Waals surface area (Å²) in [5, 5.41) is 8.60. The van der Waals surface area contributed by atoms with Gasteiger partial charge in [0.25, 0.3) is 0 Å². The van der Waals surface area contributed by atoms with Crippen LogP contribution in [0.4, 0.5) is 0 Å². The van der Waals surface area contributed by atoms with E-state index >= 15 is 0 Å². The summed E-state index contributed by atoms with van der Waals surface area (Å²) >= 11 is 0. The lowest BCUT2D eigenvalue weighted by atomic mass is 10.1. The van der Waals surface area contributed by atoms with Crippen LogP contribution in [-0.2, 0) is 0 Å². The first kappa shape index (κ1) is 10.3. The van der Waals surface area contributed by atoms with Crippen LogP contribution in [0.5, 0.6) is 0 Å². The highest BCUT2D eigenvalue weighted by atomic mass is 14.2. The molecule has 14 heavy (non-hydrogen) atoms. The molecule has 1 rings (SSSR count). The molecule has 0 atom stereocenters. The number of nitriles is 1. The van der Waals surface area contributed by atoms with E-state index in [4.69, 9.17) is 5.26 Å². The average molecular weight is 183 g/mol. The molecule has 0 saturated heterocycles. The van der Waals surface area contributed by atoms with Gasteiger partial charge in [-0.3, -0.25) is 0 Å². The third-order valence-electron chi connectivity index (χ3n) is 1.76. The summed E-state index contributed by atoms with van der Waals surface area (Å²) in [5.74, 6) is 0. The van der Waals surface area contributed by atoms with E-state index in [9.17, 15) is 0 Å². The van der Waals surface area contributed by atoms with Crippen LogP contribution in [0.1, 0.15) is 25.0 Å². The lowest BCUT2D eigenvalue weighted by Gasteiger charge is -1.91. The van der Waals surface area contributed by atoms with Crippen molar-refractivity contribution < 1.29 is 0 Å². The predicted molar refractivity (Wildman–Crippen MR) is 59.6 cm³/mol. The molecule has 0 amide bonds. The maximum Gasteiger partial charge on any atom is 0.0991 e. The van der Waals surface area contributed by atoms with Crippen LogP contribution in [0.3, 0.4) is 0 Å². The van der Waals surface area contributed by atoms with Crippen molar-refractivity contribution in [3.05, 3.63) is 53.1 Å². The van der Waals surface area contributed by atoms with Gasteiger partial charge in [-0.2, -0.15) is 5.26 Å². The minimum Gasteiger partial charge on any atom is -0.192 e. The van der Waals surface area contributed by atoms with Crippen LogP contribution in [0.2, 0.25) is 0 Å².